The Bertz CT molecular complexity index is 1420. The Labute approximate surface area is 267 Å². The van der Waals surface area contributed by atoms with Crippen molar-refractivity contribution in [2.75, 3.05) is 26.4 Å². The van der Waals surface area contributed by atoms with Gasteiger partial charge in [-0.3, -0.25) is 4.79 Å². The fourth-order valence-electron chi connectivity index (χ4n) is 6.95. The number of hydrogen-bond acceptors (Lipinski definition) is 6. The van der Waals surface area contributed by atoms with Gasteiger partial charge in [-0.1, -0.05) is 66.9 Å². The van der Waals surface area contributed by atoms with E-state index in [1.807, 2.05) is 13.8 Å². The van der Waals surface area contributed by atoms with Crippen LogP contribution in [0, 0.1) is 17.0 Å². The average Bonchev–Trinajstić information content (AvgIpc) is 3.46. The van der Waals surface area contributed by atoms with Gasteiger partial charge in [-0.05, 0) is 62.3 Å². The molecule has 0 aliphatic carbocycles. The fourth-order valence-corrected chi connectivity index (χ4v) is 7.29. The third-order valence-corrected chi connectivity index (χ3v) is 9.71. The molecule has 11 heteroatoms. The van der Waals surface area contributed by atoms with Crippen LogP contribution in [0.3, 0.4) is 0 Å². The van der Waals surface area contributed by atoms with Gasteiger partial charge in [0.2, 0.25) is 5.91 Å². The van der Waals surface area contributed by atoms with Crippen molar-refractivity contribution in [1.29, 1.82) is 0 Å². The van der Waals surface area contributed by atoms with Gasteiger partial charge >= 0.3 is 0 Å². The molecule has 2 aromatic rings. The summed E-state index contributed by atoms with van der Waals surface area (Å²) in [6.45, 7) is 9.68. The lowest BCUT2D eigenvalue weighted by Crippen LogP contribution is -2.53. The number of amides is 1. The highest BCUT2D eigenvalue weighted by atomic mass is 35.5. The minimum absolute atomic E-state index is 0.113. The predicted molar refractivity (Wildman–Crippen MR) is 167 cm³/mol. The summed E-state index contributed by atoms with van der Waals surface area (Å²) in [6, 6.07) is 7.22. The van der Waals surface area contributed by atoms with Crippen molar-refractivity contribution in [2.45, 2.75) is 82.4 Å². The Hall–Kier alpha value is -2.11. The lowest BCUT2D eigenvalue weighted by molar-refractivity contribution is -0.138. The molecule has 44 heavy (non-hydrogen) atoms. The Morgan fingerprint density at radius 3 is 2.64 bits per heavy atom. The molecule has 0 unspecified atom stereocenters. The number of benzene rings is 2. The minimum atomic E-state index is -1.57. The van der Waals surface area contributed by atoms with E-state index < -0.39 is 46.4 Å². The third-order valence-electron chi connectivity index (χ3n) is 9.18. The molecule has 0 saturated carbocycles. The SMILES string of the molecule is CC1(C)OC[C@H](CCNC(=O)[C@@H]2N[C@@H](CC(C)(C)C3=CCOCC3)[C@](N)(c3ccc(Cl)cc3F)[C@H]2c2cccc(Cl)c2F)O1. The first-order valence-electron chi connectivity index (χ1n) is 15.0. The summed E-state index contributed by atoms with van der Waals surface area (Å²) in [5.41, 5.74) is 6.85. The largest absolute Gasteiger partial charge is 0.377 e. The molecule has 5 atom stereocenters. The Balaban J connectivity index is 1.55. The smallest absolute Gasteiger partial charge is 0.237 e. The quantitative estimate of drug-likeness (QED) is 0.289. The van der Waals surface area contributed by atoms with Crippen LogP contribution in [-0.4, -0.2) is 56.2 Å². The highest BCUT2D eigenvalue weighted by Gasteiger charge is 2.59. The summed E-state index contributed by atoms with van der Waals surface area (Å²) in [6.07, 6.45) is 3.58. The third kappa shape index (κ3) is 6.70. The summed E-state index contributed by atoms with van der Waals surface area (Å²) in [7, 11) is 0. The van der Waals surface area contributed by atoms with Crippen molar-refractivity contribution >= 4 is 29.1 Å². The van der Waals surface area contributed by atoms with Crippen LogP contribution in [0.15, 0.2) is 48.0 Å². The molecular weight excluding hydrogens is 611 g/mol. The molecule has 0 spiro atoms. The van der Waals surface area contributed by atoms with E-state index in [2.05, 4.69) is 30.6 Å². The van der Waals surface area contributed by atoms with Crippen LogP contribution in [0.5, 0.6) is 0 Å². The van der Waals surface area contributed by atoms with Crippen LogP contribution >= 0.6 is 23.2 Å². The number of halogens is 4. The Kier molecular flexibility index (Phi) is 9.79. The Morgan fingerprint density at radius 2 is 1.98 bits per heavy atom. The maximum atomic E-state index is 15.9. The van der Waals surface area contributed by atoms with Gasteiger partial charge in [0.1, 0.15) is 11.6 Å². The molecule has 2 saturated heterocycles. The molecule has 0 radical (unpaired) electrons. The average molecular weight is 653 g/mol. The van der Waals surface area contributed by atoms with E-state index in [-0.39, 0.29) is 33.2 Å². The zero-order valence-electron chi connectivity index (χ0n) is 25.5. The molecule has 3 aliphatic heterocycles. The van der Waals surface area contributed by atoms with E-state index in [9.17, 15) is 4.79 Å². The molecule has 1 amide bonds. The Morgan fingerprint density at radius 1 is 1.20 bits per heavy atom. The molecule has 3 heterocycles. The lowest BCUT2D eigenvalue weighted by atomic mass is 9.66. The minimum Gasteiger partial charge on any atom is -0.377 e. The van der Waals surface area contributed by atoms with E-state index >= 15 is 8.78 Å². The normalized spacial score (nSPS) is 28.6. The summed E-state index contributed by atoms with van der Waals surface area (Å²) in [4.78, 5) is 14.0. The molecular formula is C33H41Cl2F2N3O4. The van der Waals surface area contributed by atoms with E-state index in [4.69, 9.17) is 43.1 Å². The second-order valence-electron chi connectivity index (χ2n) is 13.0. The van der Waals surface area contributed by atoms with Gasteiger partial charge in [-0.15, -0.1) is 0 Å². The number of hydrogen-bond donors (Lipinski definition) is 3. The molecule has 5 rings (SSSR count). The number of nitrogens with one attached hydrogen (secondary N) is 2. The summed E-state index contributed by atoms with van der Waals surface area (Å²) >= 11 is 12.4. The van der Waals surface area contributed by atoms with Gasteiger partial charge in [0, 0.05) is 29.1 Å². The van der Waals surface area contributed by atoms with Crippen LogP contribution in [-0.2, 0) is 24.5 Å². The van der Waals surface area contributed by atoms with Crippen LogP contribution in [0.25, 0.3) is 0 Å². The van der Waals surface area contributed by atoms with Crippen molar-refractivity contribution in [2.24, 2.45) is 11.1 Å². The standard InChI is InChI=1S/C33H41Cl2F2N3O4/c1-31(2,19-11-14-42-15-12-19)17-26-33(38,23-9-8-20(34)16-25(23)36)27(22-6-5-7-24(35)28(22)37)29(40-26)30(41)39-13-10-21-18-43-32(3,4)44-21/h5-9,11,16,21,26-27,29,40H,10,12-15,17-18,38H2,1-4H3,(H,39,41)/t21-,26-,27-,29+,33+/m0/s1. The van der Waals surface area contributed by atoms with E-state index in [0.717, 1.165) is 6.42 Å². The summed E-state index contributed by atoms with van der Waals surface area (Å²) in [5, 5.41) is 6.51. The molecule has 7 nitrogen and oxygen atoms in total. The molecule has 4 N–H and O–H groups in total. The number of carbonyl (C=O) groups excluding carboxylic acids is 1. The van der Waals surface area contributed by atoms with Crippen molar-refractivity contribution in [1.82, 2.24) is 10.6 Å². The number of carbonyl (C=O) groups is 1. The van der Waals surface area contributed by atoms with E-state index in [1.54, 1.807) is 18.2 Å². The van der Waals surface area contributed by atoms with Gasteiger partial charge in [0.15, 0.2) is 5.79 Å². The highest BCUT2D eigenvalue weighted by molar-refractivity contribution is 6.31. The summed E-state index contributed by atoms with van der Waals surface area (Å²) in [5.74, 6) is -3.43. The molecule has 240 valence electrons. The topological polar surface area (TPSA) is 94.8 Å². The van der Waals surface area contributed by atoms with Crippen LogP contribution < -0.4 is 16.4 Å². The van der Waals surface area contributed by atoms with Crippen molar-refractivity contribution in [3.05, 3.63) is 80.9 Å². The lowest BCUT2D eigenvalue weighted by Gasteiger charge is -2.41. The van der Waals surface area contributed by atoms with E-state index in [1.165, 1.54) is 23.8 Å². The number of ether oxygens (including phenoxy) is 3. The zero-order valence-corrected chi connectivity index (χ0v) is 27.0. The van der Waals surface area contributed by atoms with Gasteiger partial charge < -0.3 is 30.6 Å². The van der Waals surface area contributed by atoms with Crippen LogP contribution in [0.4, 0.5) is 8.78 Å². The number of rotatable bonds is 9. The maximum Gasteiger partial charge on any atom is 0.237 e. The molecule has 2 fully saturated rings. The summed E-state index contributed by atoms with van der Waals surface area (Å²) < 4.78 is 48.8. The van der Waals surface area contributed by atoms with Crippen LogP contribution in [0.1, 0.15) is 64.0 Å². The second kappa shape index (κ2) is 12.9. The number of nitrogens with two attached hydrogens (primary N) is 1. The van der Waals surface area contributed by atoms with E-state index in [0.29, 0.717) is 39.2 Å². The van der Waals surface area contributed by atoms with Gasteiger partial charge in [0.05, 0.1) is 42.5 Å². The van der Waals surface area contributed by atoms with Crippen molar-refractivity contribution in [3.8, 4) is 0 Å². The first kappa shape index (κ1) is 33.3. The van der Waals surface area contributed by atoms with Gasteiger partial charge in [0.25, 0.3) is 0 Å². The highest BCUT2D eigenvalue weighted by Crippen LogP contribution is 2.51. The van der Waals surface area contributed by atoms with Crippen LogP contribution in [0.2, 0.25) is 10.0 Å². The first-order chi connectivity index (χ1) is 20.7. The van der Waals surface area contributed by atoms with Gasteiger partial charge in [-0.25, -0.2) is 8.78 Å². The molecule has 2 aromatic carbocycles. The first-order valence-corrected chi connectivity index (χ1v) is 15.8. The van der Waals surface area contributed by atoms with Crippen molar-refractivity contribution in [3.63, 3.8) is 0 Å². The van der Waals surface area contributed by atoms with Gasteiger partial charge in [-0.2, -0.15) is 0 Å². The van der Waals surface area contributed by atoms with Crippen molar-refractivity contribution < 1.29 is 27.8 Å². The molecule has 3 aliphatic rings. The predicted octanol–water partition coefficient (Wildman–Crippen LogP) is 5.97. The monoisotopic (exact) mass is 651 g/mol. The fraction of sp³-hybridized carbons (Fsp3) is 0.545. The second-order valence-corrected chi connectivity index (χ2v) is 13.9. The molecule has 0 aromatic heterocycles. The zero-order chi connectivity index (χ0) is 31.9. The maximum absolute atomic E-state index is 15.9. The molecule has 0 bridgehead atoms.